The van der Waals surface area contributed by atoms with Gasteiger partial charge in [0.05, 0.1) is 11.9 Å². The number of piperidine rings is 1. The van der Waals surface area contributed by atoms with Crippen LogP contribution in [-0.4, -0.2) is 56.4 Å². The fourth-order valence-corrected chi connectivity index (χ4v) is 5.57. The average Bonchev–Trinajstić information content (AvgIpc) is 3.19. The van der Waals surface area contributed by atoms with Crippen molar-refractivity contribution in [3.05, 3.63) is 23.1 Å². The van der Waals surface area contributed by atoms with Gasteiger partial charge in [-0.05, 0) is 63.2 Å². The number of hydrogen-bond acceptors (Lipinski definition) is 6. The molecule has 2 aliphatic carbocycles. The summed E-state index contributed by atoms with van der Waals surface area (Å²) >= 11 is 0. The lowest BCUT2D eigenvalue weighted by molar-refractivity contribution is -0.134. The highest BCUT2D eigenvalue weighted by molar-refractivity contribution is 5.85. The second-order valence-corrected chi connectivity index (χ2v) is 11.1. The number of nitrogens with zero attached hydrogens (tertiary/aromatic N) is 5. The maximum absolute atomic E-state index is 13.5. The van der Waals surface area contributed by atoms with Crippen molar-refractivity contribution >= 4 is 23.6 Å². The number of nitrogens with one attached hydrogen (secondary N) is 2. The summed E-state index contributed by atoms with van der Waals surface area (Å²) in [6, 6.07) is -0.149. The van der Waals surface area contributed by atoms with Gasteiger partial charge < -0.3 is 20.1 Å². The minimum Gasteiger partial charge on any atom is -0.341 e. The van der Waals surface area contributed by atoms with E-state index in [1.807, 2.05) is 6.20 Å². The molecular formula is C25H35N7O. The molecule has 2 saturated heterocycles. The van der Waals surface area contributed by atoms with Crippen molar-refractivity contribution in [1.29, 1.82) is 0 Å². The molecule has 6 rings (SSSR count). The molecule has 0 bridgehead atoms. The maximum Gasteiger partial charge on any atom is 0.245 e. The molecule has 0 radical (unpaired) electrons. The van der Waals surface area contributed by atoms with Crippen molar-refractivity contribution in [2.24, 2.45) is 5.41 Å². The first-order valence-corrected chi connectivity index (χ1v) is 12.7. The zero-order chi connectivity index (χ0) is 22.6. The van der Waals surface area contributed by atoms with E-state index < -0.39 is 0 Å². The number of amides is 1. The van der Waals surface area contributed by atoms with E-state index in [9.17, 15) is 4.79 Å². The van der Waals surface area contributed by atoms with Crippen LogP contribution in [0.3, 0.4) is 0 Å². The summed E-state index contributed by atoms with van der Waals surface area (Å²) in [7, 11) is 0. The largest absolute Gasteiger partial charge is 0.341 e. The predicted molar refractivity (Wildman–Crippen MR) is 128 cm³/mol. The summed E-state index contributed by atoms with van der Waals surface area (Å²) in [5.41, 5.74) is 3.86. The van der Waals surface area contributed by atoms with Crippen molar-refractivity contribution < 1.29 is 4.79 Å². The standard InChI is InChI=1S/C25H35N7O/c1-25(2)10-13-31(14-11-25)22(33)20-7-4-12-32(20)24-28-18-6-3-5-17(18)21(30-24)29-23-26-15-19(27-23)16-8-9-16/h15-16,20H,3-14H2,1-2H3,(H2,26,27,28,29,30)/t20-/m1/s1. The van der Waals surface area contributed by atoms with Crippen LogP contribution in [0, 0.1) is 5.41 Å². The smallest absolute Gasteiger partial charge is 0.245 e. The molecule has 4 aliphatic rings. The number of carbonyl (C=O) groups excluding carboxylic acids is 1. The van der Waals surface area contributed by atoms with Crippen LogP contribution in [0.2, 0.25) is 0 Å². The van der Waals surface area contributed by atoms with E-state index in [1.54, 1.807) is 0 Å². The number of aryl methyl sites for hydroxylation is 1. The van der Waals surface area contributed by atoms with E-state index in [1.165, 1.54) is 24.1 Å². The molecule has 0 spiro atoms. The third kappa shape index (κ3) is 4.08. The SMILES string of the molecule is CC1(C)CCN(C(=O)[C@H]2CCCN2c2nc3c(c(Nc4ncc(C5CC5)[nH]4)n2)CCC3)CC1. The Morgan fingerprint density at radius 1 is 1.09 bits per heavy atom. The Morgan fingerprint density at radius 2 is 1.91 bits per heavy atom. The number of rotatable bonds is 5. The van der Waals surface area contributed by atoms with Crippen molar-refractivity contribution in [3.8, 4) is 0 Å². The number of aromatic amines is 1. The van der Waals surface area contributed by atoms with Crippen LogP contribution in [0.1, 0.15) is 81.7 Å². The van der Waals surface area contributed by atoms with Crippen LogP contribution < -0.4 is 10.2 Å². The van der Waals surface area contributed by atoms with E-state index in [4.69, 9.17) is 9.97 Å². The number of aromatic nitrogens is 4. The van der Waals surface area contributed by atoms with Gasteiger partial charge in [0.2, 0.25) is 17.8 Å². The molecule has 2 aliphatic heterocycles. The summed E-state index contributed by atoms with van der Waals surface area (Å²) in [6.45, 7) is 7.15. The van der Waals surface area contributed by atoms with E-state index in [-0.39, 0.29) is 11.9 Å². The second kappa shape index (κ2) is 7.99. The fourth-order valence-electron chi connectivity index (χ4n) is 5.57. The molecular weight excluding hydrogens is 414 g/mol. The number of carbonyl (C=O) groups is 1. The van der Waals surface area contributed by atoms with Crippen molar-refractivity contribution in [2.45, 2.75) is 83.6 Å². The van der Waals surface area contributed by atoms with Crippen molar-refractivity contribution in [1.82, 2.24) is 24.8 Å². The number of fused-ring (bicyclic) bond motifs is 1. The quantitative estimate of drug-likeness (QED) is 0.719. The van der Waals surface area contributed by atoms with Crippen LogP contribution in [0.25, 0.3) is 0 Å². The van der Waals surface area contributed by atoms with Gasteiger partial charge in [-0.15, -0.1) is 0 Å². The van der Waals surface area contributed by atoms with Crippen LogP contribution in [0.4, 0.5) is 17.7 Å². The van der Waals surface area contributed by atoms with E-state index in [2.05, 4.69) is 38.9 Å². The van der Waals surface area contributed by atoms with Crippen LogP contribution in [-0.2, 0) is 17.6 Å². The highest BCUT2D eigenvalue weighted by Crippen LogP contribution is 2.40. The molecule has 1 saturated carbocycles. The summed E-state index contributed by atoms with van der Waals surface area (Å²) < 4.78 is 0. The maximum atomic E-state index is 13.5. The molecule has 4 heterocycles. The third-order valence-corrected chi connectivity index (χ3v) is 7.99. The normalized spacial score (nSPS) is 24.2. The monoisotopic (exact) mass is 449 g/mol. The van der Waals surface area contributed by atoms with E-state index >= 15 is 0 Å². The molecule has 33 heavy (non-hydrogen) atoms. The average molecular weight is 450 g/mol. The Kier molecular flexibility index (Phi) is 5.07. The lowest BCUT2D eigenvalue weighted by atomic mass is 9.82. The first-order valence-electron chi connectivity index (χ1n) is 12.7. The molecule has 2 aromatic heterocycles. The van der Waals surface area contributed by atoms with Gasteiger partial charge in [-0.1, -0.05) is 13.8 Å². The predicted octanol–water partition coefficient (Wildman–Crippen LogP) is 3.93. The molecule has 8 heteroatoms. The minimum atomic E-state index is -0.149. The highest BCUT2D eigenvalue weighted by atomic mass is 16.2. The van der Waals surface area contributed by atoms with Crippen molar-refractivity contribution in [3.63, 3.8) is 0 Å². The Hall–Kier alpha value is -2.64. The number of hydrogen-bond donors (Lipinski definition) is 2. The van der Waals surface area contributed by atoms with Crippen LogP contribution >= 0.6 is 0 Å². The molecule has 8 nitrogen and oxygen atoms in total. The van der Waals surface area contributed by atoms with Gasteiger partial charge in [-0.3, -0.25) is 4.79 Å². The van der Waals surface area contributed by atoms with Gasteiger partial charge in [0.1, 0.15) is 11.9 Å². The first-order chi connectivity index (χ1) is 16.0. The Bertz CT molecular complexity index is 1050. The lowest BCUT2D eigenvalue weighted by Gasteiger charge is -2.39. The number of anilines is 3. The molecule has 1 atom stereocenters. The minimum absolute atomic E-state index is 0.149. The summed E-state index contributed by atoms with van der Waals surface area (Å²) in [6.07, 6.45) is 11.5. The Labute approximate surface area is 195 Å². The highest BCUT2D eigenvalue weighted by Gasteiger charge is 2.38. The summed E-state index contributed by atoms with van der Waals surface area (Å²) in [5.74, 6) is 3.18. The summed E-state index contributed by atoms with van der Waals surface area (Å²) in [5, 5.41) is 3.45. The molecule has 2 N–H and O–H groups in total. The van der Waals surface area contributed by atoms with E-state index in [0.29, 0.717) is 17.3 Å². The number of imidazole rings is 1. The molecule has 2 aromatic rings. The fraction of sp³-hybridized carbons (Fsp3) is 0.680. The molecule has 176 valence electrons. The van der Waals surface area contributed by atoms with Gasteiger partial charge >= 0.3 is 0 Å². The molecule has 3 fully saturated rings. The zero-order valence-corrected chi connectivity index (χ0v) is 19.9. The lowest BCUT2D eigenvalue weighted by Crippen LogP contribution is -2.50. The van der Waals surface area contributed by atoms with Crippen LogP contribution in [0.15, 0.2) is 6.20 Å². The first kappa shape index (κ1) is 20.9. The van der Waals surface area contributed by atoms with Crippen LogP contribution in [0.5, 0.6) is 0 Å². The van der Waals surface area contributed by atoms with Gasteiger partial charge in [0.15, 0.2) is 0 Å². The number of H-pyrrole nitrogens is 1. The zero-order valence-electron chi connectivity index (χ0n) is 19.9. The number of likely N-dealkylation sites (tertiary alicyclic amines) is 1. The molecule has 0 unspecified atom stereocenters. The topological polar surface area (TPSA) is 90.0 Å². The van der Waals surface area contributed by atoms with Gasteiger partial charge in [-0.25, -0.2) is 9.97 Å². The van der Waals surface area contributed by atoms with Gasteiger partial charge in [0, 0.05) is 36.8 Å². The Balaban J connectivity index is 1.24. The van der Waals surface area contributed by atoms with Gasteiger partial charge in [0.25, 0.3) is 0 Å². The van der Waals surface area contributed by atoms with E-state index in [0.717, 1.165) is 82.0 Å². The second-order valence-electron chi connectivity index (χ2n) is 11.1. The summed E-state index contributed by atoms with van der Waals surface area (Å²) in [4.78, 5) is 35.6. The third-order valence-electron chi connectivity index (χ3n) is 7.99. The molecule has 0 aromatic carbocycles. The Morgan fingerprint density at radius 3 is 2.70 bits per heavy atom. The van der Waals surface area contributed by atoms with Crippen molar-refractivity contribution in [2.75, 3.05) is 29.9 Å². The van der Waals surface area contributed by atoms with Gasteiger partial charge in [-0.2, -0.15) is 4.98 Å². The molecule has 1 amide bonds.